The number of hydrogen-bond acceptors (Lipinski definition) is 5. The van der Waals surface area contributed by atoms with Crippen molar-refractivity contribution in [1.82, 2.24) is 25.5 Å². The van der Waals surface area contributed by atoms with Gasteiger partial charge in [0.1, 0.15) is 0 Å². The van der Waals surface area contributed by atoms with Gasteiger partial charge < -0.3 is 10.6 Å². The highest BCUT2D eigenvalue weighted by Crippen LogP contribution is 2.14. The molecule has 6 heteroatoms. The molecule has 0 bridgehead atoms. The molecule has 100 valence electrons. The second kappa shape index (κ2) is 5.79. The van der Waals surface area contributed by atoms with Crippen molar-refractivity contribution in [3.8, 4) is 5.69 Å². The van der Waals surface area contributed by atoms with Gasteiger partial charge in [0, 0.05) is 6.54 Å². The van der Waals surface area contributed by atoms with E-state index in [1.165, 1.54) is 12.8 Å². The van der Waals surface area contributed by atoms with E-state index >= 15 is 0 Å². The molecule has 1 aliphatic rings. The number of tetrazole rings is 1. The molecule has 0 spiro atoms. The van der Waals surface area contributed by atoms with Gasteiger partial charge in [-0.25, -0.2) is 0 Å². The van der Waals surface area contributed by atoms with E-state index in [1.807, 2.05) is 30.3 Å². The van der Waals surface area contributed by atoms with Crippen LogP contribution in [0.4, 0.5) is 5.95 Å². The first-order valence-corrected chi connectivity index (χ1v) is 6.72. The summed E-state index contributed by atoms with van der Waals surface area (Å²) in [4.78, 5) is 0. The minimum absolute atomic E-state index is 0.696. The van der Waals surface area contributed by atoms with Crippen LogP contribution in [0.15, 0.2) is 30.3 Å². The molecule has 0 atom stereocenters. The van der Waals surface area contributed by atoms with Crippen LogP contribution in [0.5, 0.6) is 0 Å². The number of piperidine rings is 1. The summed E-state index contributed by atoms with van der Waals surface area (Å²) in [5.74, 6) is 1.41. The summed E-state index contributed by atoms with van der Waals surface area (Å²) < 4.78 is 1.74. The summed E-state index contributed by atoms with van der Waals surface area (Å²) in [7, 11) is 0. The molecule has 6 nitrogen and oxygen atoms in total. The van der Waals surface area contributed by atoms with Gasteiger partial charge in [-0.3, -0.25) is 0 Å². The molecule has 2 N–H and O–H groups in total. The molecule has 1 aromatic heterocycles. The molecule has 0 unspecified atom stereocenters. The molecule has 1 fully saturated rings. The minimum Gasteiger partial charge on any atom is -0.352 e. The van der Waals surface area contributed by atoms with Crippen LogP contribution in [-0.4, -0.2) is 39.8 Å². The van der Waals surface area contributed by atoms with Crippen molar-refractivity contribution >= 4 is 5.95 Å². The molecule has 1 saturated heterocycles. The van der Waals surface area contributed by atoms with E-state index in [0.717, 1.165) is 25.3 Å². The molecule has 0 amide bonds. The average molecular weight is 258 g/mol. The summed E-state index contributed by atoms with van der Waals surface area (Å²) in [6.45, 7) is 3.14. The number of nitrogens with one attached hydrogen (secondary N) is 2. The summed E-state index contributed by atoms with van der Waals surface area (Å²) in [5.41, 5.74) is 0.973. The maximum absolute atomic E-state index is 4.05. The highest BCUT2D eigenvalue weighted by molar-refractivity contribution is 5.38. The molecule has 0 radical (unpaired) electrons. The lowest BCUT2D eigenvalue weighted by atomic mass is 9.98. The van der Waals surface area contributed by atoms with Crippen LogP contribution in [0.3, 0.4) is 0 Å². The zero-order chi connectivity index (χ0) is 12.9. The van der Waals surface area contributed by atoms with Crippen molar-refractivity contribution in [2.45, 2.75) is 12.8 Å². The third-order valence-corrected chi connectivity index (χ3v) is 3.48. The Kier molecular flexibility index (Phi) is 3.69. The van der Waals surface area contributed by atoms with Crippen LogP contribution in [0.1, 0.15) is 12.8 Å². The number of anilines is 1. The molecular formula is C13H18N6. The maximum Gasteiger partial charge on any atom is 0.247 e. The summed E-state index contributed by atoms with van der Waals surface area (Å²) in [6, 6.07) is 9.93. The number of aromatic nitrogens is 4. The topological polar surface area (TPSA) is 67.7 Å². The molecule has 1 aromatic carbocycles. The standard InChI is InChI=1S/C13H18N6/c1-2-4-12(5-3-1)19-13(16-17-18-19)15-10-11-6-8-14-9-7-11/h1-5,11,14H,6-10H2,(H,15,16,18). The fourth-order valence-corrected chi connectivity index (χ4v) is 2.36. The van der Waals surface area contributed by atoms with Gasteiger partial charge in [0.15, 0.2) is 0 Å². The molecule has 2 aromatic rings. The third kappa shape index (κ3) is 2.90. The van der Waals surface area contributed by atoms with Crippen molar-refractivity contribution in [2.24, 2.45) is 5.92 Å². The summed E-state index contributed by atoms with van der Waals surface area (Å²) >= 11 is 0. The Hall–Kier alpha value is -1.95. The zero-order valence-electron chi connectivity index (χ0n) is 10.8. The van der Waals surface area contributed by atoms with Gasteiger partial charge in [-0.05, 0) is 54.4 Å². The zero-order valence-corrected chi connectivity index (χ0v) is 10.8. The Labute approximate surface area is 112 Å². The van der Waals surface area contributed by atoms with Crippen molar-refractivity contribution in [3.63, 3.8) is 0 Å². The van der Waals surface area contributed by atoms with Gasteiger partial charge in [0.25, 0.3) is 0 Å². The summed E-state index contributed by atoms with van der Waals surface area (Å²) in [5, 5.41) is 18.6. The largest absolute Gasteiger partial charge is 0.352 e. The lowest BCUT2D eigenvalue weighted by Gasteiger charge is -2.22. The van der Waals surface area contributed by atoms with Crippen molar-refractivity contribution < 1.29 is 0 Å². The first-order valence-electron chi connectivity index (χ1n) is 6.72. The van der Waals surface area contributed by atoms with Gasteiger partial charge in [0.05, 0.1) is 5.69 Å². The normalized spacial score (nSPS) is 16.4. The van der Waals surface area contributed by atoms with Crippen molar-refractivity contribution in [3.05, 3.63) is 30.3 Å². The van der Waals surface area contributed by atoms with Gasteiger partial charge in [0.2, 0.25) is 5.95 Å². The number of rotatable bonds is 4. The van der Waals surface area contributed by atoms with Crippen LogP contribution in [-0.2, 0) is 0 Å². The predicted molar refractivity (Wildman–Crippen MR) is 73.2 cm³/mol. The van der Waals surface area contributed by atoms with Crippen molar-refractivity contribution in [1.29, 1.82) is 0 Å². The molecule has 2 heterocycles. The number of nitrogens with zero attached hydrogens (tertiary/aromatic N) is 4. The molecule has 0 aliphatic carbocycles. The van der Waals surface area contributed by atoms with E-state index < -0.39 is 0 Å². The fourth-order valence-electron chi connectivity index (χ4n) is 2.36. The van der Waals surface area contributed by atoms with Crippen LogP contribution < -0.4 is 10.6 Å². The Morgan fingerprint density at radius 1 is 1.21 bits per heavy atom. The Morgan fingerprint density at radius 3 is 2.79 bits per heavy atom. The van der Waals surface area contributed by atoms with Crippen LogP contribution in [0.25, 0.3) is 5.69 Å². The molecule has 1 aliphatic heterocycles. The average Bonchev–Trinajstić information content (AvgIpc) is 2.95. The molecule has 3 rings (SSSR count). The first kappa shape index (κ1) is 12.1. The minimum atomic E-state index is 0.696. The molecule has 0 saturated carbocycles. The Bertz CT molecular complexity index is 503. The number of para-hydroxylation sites is 1. The van der Waals surface area contributed by atoms with Gasteiger partial charge in [-0.2, -0.15) is 4.68 Å². The van der Waals surface area contributed by atoms with E-state index in [0.29, 0.717) is 11.9 Å². The van der Waals surface area contributed by atoms with E-state index in [1.54, 1.807) is 4.68 Å². The van der Waals surface area contributed by atoms with Crippen molar-refractivity contribution in [2.75, 3.05) is 25.0 Å². The summed E-state index contributed by atoms with van der Waals surface area (Å²) in [6.07, 6.45) is 2.42. The van der Waals surface area contributed by atoms with Crippen LogP contribution in [0.2, 0.25) is 0 Å². The van der Waals surface area contributed by atoms with Gasteiger partial charge >= 0.3 is 0 Å². The second-order valence-electron chi connectivity index (χ2n) is 4.82. The SMILES string of the molecule is c1ccc(-n2nnnc2NCC2CCNCC2)cc1. The quantitative estimate of drug-likeness (QED) is 0.858. The lowest BCUT2D eigenvalue weighted by Crippen LogP contribution is -2.31. The highest BCUT2D eigenvalue weighted by atomic mass is 15.6. The fraction of sp³-hybridized carbons (Fsp3) is 0.462. The highest BCUT2D eigenvalue weighted by Gasteiger charge is 2.14. The molecule has 19 heavy (non-hydrogen) atoms. The number of hydrogen-bond donors (Lipinski definition) is 2. The van der Waals surface area contributed by atoms with Crippen LogP contribution in [0, 0.1) is 5.92 Å². The Balaban J connectivity index is 1.67. The van der Waals surface area contributed by atoms with Crippen LogP contribution >= 0.6 is 0 Å². The maximum atomic E-state index is 4.05. The van der Waals surface area contributed by atoms with E-state index in [-0.39, 0.29) is 0 Å². The predicted octanol–water partition coefficient (Wildman–Crippen LogP) is 1.07. The van der Waals surface area contributed by atoms with E-state index in [2.05, 4.69) is 26.2 Å². The Morgan fingerprint density at radius 2 is 2.00 bits per heavy atom. The van der Waals surface area contributed by atoms with E-state index in [9.17, 15) is 0 Å². The monoisotopic (exact) mass is 258 g/mol. The van der Waals surface area contributed by atoms with Gasteiger partial charge in [-0.1, -0.05) is 23.3 Å². The van der Waals surface area contributed by atoms with Gasteiger partial charge in [-0.15, -0.1) is 0 Å². The van der Waals surface area contributed by atoms with E-state index in [4.69, 9.17) is 0 Å². The second-order valence-corrected chi connectivity index (χ2v) is 4.82. The smallest absolute Gasteiger partial charge is 0.247 e. The number of benzene rings is 1. The first-order chi connectivity index (χ1) is 9.43. The third-order valence-electron chi connectivity index (χ3n) is 3.48. The molecular weight excluding hydrogens is 240 g/mol. The lowest BCUT2D eigenvalue weighted by molar-refractivity contribution is 0.389.